The molecule has 1 rings (SSSR count). The molecule has 17 heavy (non-hydrogen) atoms. The van der Waals surface area contributed by atoms with Crippen molar-refractivity contribution in [1.82, 2.24) is 0 Å². The van der Waals surface area contributed by atoms with Crippen molar-refractivity contribution in [3.8, 4) is 0 Å². The number of allylic oxidation sites excluding steroid dienone is 12. The third kappa shape index (κ3) is 4.04. The van der Waals surface area contributed by atoms with E-state index in [2.05, 4.69) is 65.7 Å². The second kappa shape index (κ2) is 7.33. The van der Waals surface area contributed by atoms with Gasteiger partial charge in [-0.05, 0) is 0 Å². The van der Waals surface area contributed by atoms with Crippen molar-refractivity contribution >= 4 is 0 Å². The Balaban J connectivity index is 3.03. The first kappa shape index (κ1) is 14.0. The van der Waals surface area contributed by atoms with Crippen LogP contribution in [-0.2, 0) is 16.3 Å². The van der Waals surface area contributed by atoms with E-state index in [0.717, 1.165) is 6.42 Å². The van der Waals surface area contributed by atoms with E-state index in [0.29, 0.717) is 0 Å². The third-order valence-corrected chi connectivity index (χ3v) is 3.48. The van der Waals surface area contributed by atoms with E-state index >= 15 is 0 Å². The van der Waals surface area contributed by atoms with E-state index in [-0.39, 0.29) is 0 Å². The van der Waals surface area contributed by atoms with Crippen LogP contribution >= 0.6 is 0 Å². The molecule has 0 aromatic rings. The summed E-state index contributed by atoms with van der Waals surface area (Å²) in [6.45, 7) is 6.22. The van der Waals surface area contributed by atoms with Crippen LogP contribution in [0.2, 0.25) is 0 Å². The zero-order chi connectivity index (χ0) is 12.7. The molecule has 1 heteroatoms. The van der Waals surface area contributed by atoms with Gasteiger partial charge in [0.1, 0.15) is 0 Å². The van der Waals surface area contributed by atoms with Crippen molar-refractivity contribution in [2.24, 2.45) is 0 Å². The molecule has 0 radical (unpaired) electrons. The molecule has 1 aliphatic carbocycles. The van der Waals surface area contributed by atoms with Gasteiger partial charge in [0, 0.05) is 0 Å². The molecular weight excluding hydrogens is 244 g/mol. The van der Waals surface area contributed by atoms with Gasteiger partial charge in [-0.15, -0.1) is 0 Å². The van der Waals surface area contributed by atoms with Crippen LogP contribution < -0.4 is 0 Å². The molecule has 1 aliphatic rings. The fourth-order valence-electron chi connectivity index (χ4n) is 1.74. The molecule has 0 heterocycles. The second-order valence-corrected chi connectivity index (χ2v) is 4.57. The molecule has 0 N–H and O–H groups in total. The van der Waals surface area contributed by atoms with Crippen molar-refractivity contribution in [3.63, 3.8) is 0 Å². The fraction of sp³-hybridized carbons (Fsp3) is 0.250. The molecule has 0 saturated heterocycles. The molecule has 0 atom stereocenters. The molecule has 0 nitrogen and oxygen atoms in total. The van der Waals surface area contributed by atoms with E-state index in [9.17, 15) is 0 Å². The van der Waals surface area contributed by atoms with Crippen LogP contribution in [0.4, 0.5) is 0 Å². The van der Waals surface area contributed by atoms with Crippen molar-refractivity contribution in [2.45, 2.75) is 27.2 Å². The molecule has 0 aliphatic heterocycles. The average molecular weight is 263 g/mol. The summed E-state index contributed by atoms with van der Waals surface area (Å²) in [6.07, 6.45) is 18.0. The van der Waals surface area contributed by atoms with Crippen LogP contribution in [0.5, 0.6) is 0 Å². The number of hydrogen-bond donors (Lipinski definition) is 0. The molecule has 0 spiro atoms. The summed E-state index contributed by atoms with van der Waals surface area (Å²) in [5, 5.41) is 0. The molecule has 0 saturated carbocycles. The molecular formula is C16H19Cr. The Kier molecular flexibility index (Phi) is 6.05. The standard InChI is InChI=1S/C16H19.Cr/c1-4-6-7-10-15-11-8-12-16(15)13-14(3)9-5-2;/h4-11H,12H2,1-3H3;. The quantitative estimate of drug-likeness (QED) is 0.641. The van der Waals surface area contributed by atoms with Crippen LogP contribution in [0.1, 0.15) is 27.2 Å². The Morgan fingerprint density at radius 2 is 2.00 bits per heavy atom. The van der Waals surface area contributed by atoms with E-state index in [1.54, 1.807) is 0 Å². The Morgan fingerprint density at radius 1 is 1.24 bits per heavy atom. The van der Waals surface area contributed by atoms with Crippen LogP contribution in [0.3, 0.4) is 0 Å². The van der Waals surface area contributed by atoms with Crippen LogP contribution in [0.15, 0.2) is 69.8 Å². The van der Waals surface area contributed by atoms with Gasteiger partial charge in [0.25, 0.3) is 0 Å². The first-order chi connectivity index (χ1) is 8.20. The van der Waals surface area contributed by atoms with Crippen molar-refractivity contribution in [2.75, 3.05) is 0 Å². The topological polar surface area (TPSA) is 0 Å². The Bertz CT molecular complexity index is 440. The third-order valence-electron chi connectivity index (χ3n) is 2.60. The van der Waals surface area contributed by atoms with Crippen LogP contribution in [0.25, 0.3) is 0 Å². The minimum absolute atomic E-state index is 1.02. The van der Waals surface area contributed by atoms with Gasteiger partial charge in [-0.1, -0.05) is 0 Å². The zero-order valence-corrected chi connectivity index (χ0v) is 12.0. The zero-order valence-electron chi connectivity index (χ0n) is 10.7. The van der Waals surface area contributed by atoms with Crippen molar-refractivity contribution in [1.29, 1.82) is 0 Å². The van der Waals surface area contributed by atoms with E-state index in [1.807, 2.05) is 19.9 Å². The number of hydrogen-bond acceptors (Lipinski definition) is 0. The normalized spacial score (nSPS) is 18.1. The maximum absolute atomic E-state index is 3.20. The van der Waals surface area contributed by atoms with E-state index in [4.69, 9.17) is 0 Å². The van der Waals surface area contributed by atoms with Crippen molar-refractivity contribution < 1.29 is 16.3 Å². The van der Waals surface area contributed by atoms with Gasteiger partial charge in [-0.3, -0.25) is 0 Å². The molecule has 0 amide bonds. The van der Waals surface area contributed by atoms with Gasteiger partial charge in [0.2, 0.25) is 0 Å². The maximum atomic E-state index is 3.20. The number of rotatable bonds is 4. The monoisotopic (exact) mass is 263 g/mol. The first-order valence-electron chi connectivity index (χ1n) is 5.90. The average Bonchev–Trinajstić information content (AvgIpc) is 2.77. The van der Waals surface area contributed by atoms with Gasteiger partial charge in [0.15, 0.2) is 0 Å². The first-order valence-corrected chi connectivity index (χ1v) is 6.54. The molecule has 0 fully saturated rings. The Labute approximate surface area is 113 Å². The van der Waals surface area contributed by atoms with Gasteiger partial charge in [-0.25, -0.2) is 0 Å². The summed E-state index contributed by atoms with van der Waals surface area (Å²) >= 11 is 3.20. The molecule has 0 unspecified atom stereocenters. The summed E-state index contributed by atoms with van der Waals surface area (Å²) in [4.78, 5) is 0. The molecule has 0 aromatic heterocycles. The fourth-order valence-corrected chi connectivity index (χ4v) is 2.16. The summed E-state index contributed by atoms with van der Waals surface area (Å²) in [6, 6.07) is 0. The van der Waals surface area contributed by atoms with Crippen molar-refractivity contribution in [3.05, 3.63) is 69.8 Å². The molecule has 0 aromatic carbocycles. The minimum atomic E-state index is 1.02. The second-order valence-electron chi connectivity index (χ2n) is 3.94. The predicted octanol–water partition coefficient (Wildman–Crippen LogP) is 4.77. The van der Waals surface area contributed by atoms with Crippen LogP contribution in [-0.4, -0.2) is 0 Å². The summed E-state index contributed by atoms with van der Waals surface area (Å²) in [7, 11) is 0. The van der Waals surface area contributed by atoms with E-state index in [1.165, 1.54) is 21.2 Å². The Morgan fingerprint density at radius 3 is 2.65 bits per heavy atom. The molecule has 0 bridgehead atoms. The van der Waals surface area contributed by atoms with Gasteiger partial charge < -0.3 is 0 Å². The summed E-state index contributed by atoms with van der Waals surface area (Å²) < 4.78 is 1.27. The predicted molar refractivity (Wildman–Crippen MR) is 72.3 cm³/mol. The SMILES string of the molecule is CC=CC=CC1=C([C]([Cr])=C(C)C=CC)CC=C1. The van der Waals surface area contributed by atoms with Gasteiger partial charge >= 0.3 is 113 Å². The summed E-state index contributed by atoms with van der Waals surface area (Å²) in [5.41, 5.74) is 3.99. The van der Waals surface area contributed by atoms with E-state index < -0.39 is 0 Å². The molecule has 89 valence electrons. The Hall–Kier alpha value is -1.03. The van der Waals surface area contributed by atoms with Gasteiger partial charge in [-0.2, -0.15) is 0 Å². The van der Waals surface area contributed by atoms with Crippen LogP contribution in [0, 0.1) is 0 Å². The van der Waals surface area contributed by atoms with Gasteiger partial charge in [0.05, 0.1) is 0 Å². The summed E-state index contributed by atoms with van der Waals surface area (Å²) in [5.74, 6) is 0.